The molecule has 0 aliphatic carbocycles. The number of aliphatic carboxylic acids is 2. The minimum absolute atomic E-state index is 0.000484. The van der Waals surface area contributed by atoms with Gasteiger partial charge < -0.3 is 30.3 Å². The van der Waals surface area contributed by atoms with Crippen LogP contribution in [0.5, 0.6) is 0 Å². The molecular weight excluding hydrogens is 612 g/mol. The van der Waals surface area contributed by atoms with E-state index >= 15 is 0 Å². The van der Waals surface area contributed by atoms with Crippen LogP contribution < -0.4 is 10.6 Å². The van der Waals surface area contributed by atoms with Crippen molar-refractivity contribution in [2.75, 3.05) is 0 Å². The topological polar surface area (TPSA) is 151 Å². The first kappa shape index (κ1) is 43.8. The van der Waals surface area contributed by atoms with Gasteiger partial charge in [0.2, 0.25) is 0 Å². The van der Waals surface area contributed by atoms with Crippen molar-refractivity contribution >= 4 is 23.9 Å². The first-order valence-electron chi connectivity index (χ1n) is 18.6. The van der Waals surface area contributed by atoms with Crippen LogP contribution in [-0.2, 0) is 28.7 Å². The zero-order valence-electron chi connectivity index (χ0n) is 31.6. The van der Waals surface area contributed by atoms with E-state index in [1.807, 2.05) is 0 Å². The molecule has 0 radical (unpaired) electrons. The molecule has 10 nitrogen and oxygen atoms in total. The highest BCUT2D eigenvalue weighted by molar-refractivity contribution is 5.70. The number of hydrogen-bond acceptors (Lipinski definition) is 8. The lowest BCUT2D eigenvalue weighted by Gasteiger charge is -2.46. The number of rotatable bonds is 20. The van der Waals surface area contributed by atoms with E-state index in [2.05, 4.69) is 66.0 Å². The van der Waals surface area contributed by atoms with Crippen LogP contribution in [0.3, 0.4) is 0 Å². The Morgan fingerprint density at radius 3 is 0.938 bits per heavy atom. The Balaban J connectivity index is 0.000000692. The summed E-state index contributed by atoms with van der Waals surface area (Å²) in [5.74, 6) is -1.61. The lowest BCUT2D eigenvalue weighted by Crippen LogP contribution is -2.59. The molecule has 2 aliphatic rings. The third-order valence-corrected chi connectivity index (χ3v) is 8.94. The molecule has 2 fully saturated rings. The molecule has 2 heterocycles. The Kier molecular flexibility index (Phi) is 19.3. The number of nitrogens with one attached hydrogen (secondary N) is 2. The number of esters is 2. The van der Waals surface area contributed by atoms with E-state index < -0.39 is 11.9 Å². The number of carbonyl (C=O) groups is 4. The highest BCUT2D eigenvalue weighted by Crippen LogP contribution is 2.32. The second-order valence-corrected chi connectivity index (χ2v) is 16.9. The highest BCUT2D eigenvalue weighted by atomic mass is 16.5. The molecule has 0 spiro atoms. The Hall–Kier alpha value is -2.20. The minimum Gasteiger partial charge on any atom is -0.481 e. The van der Waals surface area contributed by atoms with Crippen LogP contribution in [0, 0.1) is 0 Å². The van der Waals surface area contributed by atoms with E-state index in [-0.39, 0.29) is 59.1 Å². The summed E-state index contributed by atoms with van der Waals surface area (Å²) in [6.45, 7) is 17.4. The minimum atomic E-state index is -0.740. The van der Waals surface area contributed by atoms with Gasteiger partial charge in [-0.3, -0.25) is 19.2 Å². The van der Waals surface area contributed by atoms with Gasteiger partial charge >= 0.3 is 23.9 Å². The van der Waals surface area contributed by atoms with E-state index in [0.717, 1.165) is 103 Å². The SMILES string of the molecule is CC1(C)CC(OC(=O)CCCCCCCCC(=O)OC2CC(C)(C)NC(C)(C)C2)CC(C)(C)N1.O=C(O)CCCCCCCCC(=O)O. The van der Waals surface area contributed by atoms with Gasteiger partial charge in [-0.1, -0.05) is 51.4 Å². The lowest BCUT2D eigenvalue weighted by molar-refractivity contribution is -0.154. The molecule has 4 N–H and O–H groups in total. The molecule has 2 aliphatic heterocycles. The lowest BCUT2D eigenvalue weighted by atomic mass is 9.81. The van der Waals surface area contributed by atoms with Gasteiger partial charge in [-0.2, -0.15) is 0 Å². The van der Waals surface area contributed by atoms with Gasteiger partial charge in [0, 0.05) is 73.5 Å². The van der Waals surface area contributed by atoms with Crippen LogP contribution in [-0.4, -0.2) is 68.5 Å². The molecule has 0 aromatic rings. The summed E-state index contributed by atoms with van der Waals surface area (Å²) in [7, 11) is 0. The zero-order chi connectivity index (χ0) is 36.4. The van der Waals surface area contributed by atoms with E-state index in [4.69, 9.17) is 19.7 Å². The quantitative estimate of drug-likeness (QED) is 0.0732. The number of piperidine rings is 2. The molecule has 48 heavy (non-hydrogen) atoms. The number of carboxylic acid groups (broad SMARTS) is 2. The summed E-state index contributed by atoms with van der Waals surface area (Å²) < 4.78 is 11.6. The Morgan fingerprint density at radius 2 is 0.688 bits per heavy atom. The molecule has 0 unspecified atom stereocenters. The monoisotopic (exact) mass is 683 g/mol. The smallest absolute Gasteiger partial charge is 0.306 e. The maximum absolute atomic E-state index is 12.3. The van der Waals surface area contributed by atoms with Crippen molar-refractivity contribution in [2.45, 2.75) is 218 Å². The molecule has 0 bridgehead atoms. The normalized spacial score (nSPS) is 19.8. The van der Waals surface area contributed by atoms with Crippen molar-refractivity contribution in [1.82, 2.24) is 10.6 Å². The van der Waals surface area contributed by atoms with Crippen molar-refractivity contribution in [2.24, 2.45) is 0 Å². The molecule has 10 heteroatoms. The van der Waals surface area contributed by atoms with Crippen LogP contribution in [0.2, 0.25) is 0 Å². The standard InChI is InChI=1S/C28H52N2O4.C10H18O4/c1-25(2)17-21(18-26(3,4)29-25)33-23(31)15-13-11-9-10-12-14-16-24(32)34-22-19-27(5,6)30-28(7,8)20-22;11-9(12)7-5-3-1-2-4-6-8-10(13)14/h21-22,29-30H,9-20H2,1-8H3;1-8H2,(H,11,12)(H,13,14). The summed E-state index contributed by atoms with van der Waals surface area (Å²) in [5.41, 5.74) is -0.0559. The molecule has 0 saturated carbocycles. The van der Waals surface area contributed by atoms with Crippen LogP contribution in [0.1, 0.15) is 184 Å². The first-order chi connectivity index (χ1) is 22.2. The van der Waals surface area contributed by atoms with Gasteiger partial charge in [-0.15, -0.1) is 0 Å². The zero-order valence-corrected chi connectivity index (χ0v) is 31.6. The van der Waals surface area contributed by atoms with E-state index in [1.165, 1.54) is 0 Å². The fourth-order valence-electron chi connectivity index (χ4n) is 7.62. The van der Waals surface area contributed by atoms with E-state index in [1.54, 1.807) is 0 Å². The van der Waals surface area contributed by atoms with Gasteiger partial charge in [0.1, 0.15) is 12.2 Å². The van der Waals surface area contributed by atoms with Gasteiger partial charge in [0.15, 0.2) is 0 Å². The molecule has 0 amide bonds. The summed E-state index contributed by atoms with van der Waals surface area (Å²) in [6.07, 6.45) is 16.3. The summed E-state index contributed by atoms with van der Waals surface area (Å²) in [4.78, 5) is 44.9. The maximum atomic E-state index is 12.3. The molecule has 2 rings (SSSR count). The van der Waals surface area contributed by atoms with Crippen LogP contribution in [0.4, 0.5) is 0 Å². The Bertz CT molecular complexity index is 881. The number of hydrogen-bond donors (Lipinski definition) is 4. The second-order valence-electron chi connectivity index (χ2n) is 16.9. The number of carbonyl (C=O) groups excluding carboxylic acids is 2. The van der Waals surface area contributed by atoms with Gasteiger partial charge in [-0.25, -0.2) is 0 Å². The molecular formula is C38H70N2O8. The summed E-state index contributed by atoms with van der Waals surface area (Å²) >= 11 is 0. The maximum Gasteiger partial charge on any atom is 0.306 e. The molecule has 280 valence electrons. The molecule has 0 atom stereocenters. The largest absolute Gasteiger partial charge is 0.481 e. The fraction of sp³-hybridized carbons (Fsp3) is 0.895. The first-order valence-corrected chi connectivity index (χ1v) is 18.6. The predicted molar refractivity (Wildman–Crippen MR) is 190 cm³/mol. The van der Waals surface area contributed by atoms with Crippen molar-refractivity contribution < 1.29 is 38.9 Å². The van der Waals surface area contributed by atoms with Crippen molar-refractivity contribution in [3.8, 4) is 0 Å². The average molecular weight is 683 g/mol. The van der Waals surface area contributed by atoms with E-state index in [0.29, 0.717) is 12.8 Å². The summed E-state index contributed by atoms with van der Waals surface area (Å²) in [6, 6.07) is 0. The van der Waals surface area contributed by atoms with Crippen LogP contribution in [0.15, 0.2) is 0 Å². The number of carboxylic acids is 2. The van der Waals surface area contributed by atoms with Gasteiger partial charge in [0.05, 0.1) is 0 Å². The molecule has 0 aromatic carbocycles. The molecule has 2 saturated heterocycles. The van der Waals surface area contributed by atoms with Crippen molar-refractivity contribution in [3.63, 3.8) is 0 Å². The average Bonchev–Trinajstić information content (AvgIpc) is 2.88. The Morgan fingerprint density at radius 1 is 0.458 bits per heavy atom. The fourth-order valence-corrected chi connectivity index (χ4v) is 7.62. The third-order valence-electron chi connectivity index (χ3n) is 8.94. The van der Waals surface area contributed by atoms with E-state index in [9.17, 15) is 19.2 Å². The Labute approximate surface area is 291 Å². The van der Waals surface area contributed by atoms with Crippen molar-refractivity contribution in [1.29, 1.82) is 0 Å². The van der Waals surface area contributed by atoms with Gasteiger partial charge in [0.25, 0.3) is 0 Å². The van der Waals surface area contributed by atoms with Crippen LogP contribution in [0.25, 0.3) is 0 Å². The molecule has 0 aromatic heterocycles. The van der Waals surface area contributed by atoms with Gasteiger partial charge in [-0.05, 0) is 81.1 Å². The number of ether oxygens (including phenoxy) is 2. The summed E-state index contributed by atoms with van der Waals surface area (Å²) in [5, 5.41) is 23.9. The number of unbranched alkanes of at least 4 members (excludes halogenated alkanes) is 10. The van der Waals surface area contributed by atoms with Crippen LogP contribution >= 0.6 is 0 Å². The highest BCUT2D eigenvalue weighted by Gasteiger charge is 2.40. The second kappa shape index (κ2) is 21.1. The van der Waals surface area contributed by atoms with Crippen molar-refractivity contribution in [3.05, 3.63) is 0 Å². The third kappa shape index (κ3) is 22.4. The predicted octanol–water partition coefficient (Wildman–Crippen LogP) is 8.09.